The lowest BCUT2D eigenvalue weighted by Gasteiger charge is -2.13. The number of benzene rings is 3. The van der Waals surface area contributed by atoms with Gasteiger partial charge in [0.1, 0.15) is 5.57 Å². The molecule has 33 heavy (non-hydrogen) atoms. The Morgan fingerprint density at radius 3 is 1.58 bits per heavy atom. The summed E-state index contributed by atoms with van der Waals surface area (Å²) in [5.74, 6) is -0.750. The first-order valence-corrected chi connectivity index (χ1v) is 11.2. The molecule has 2 N–H and O–H groups in total. The van der Waals surface area contributed by atoms with Gasteiger partial charge in [-0.05, 0) is 47.7 Å². The van der Waals surface area contributed by atoms with Crippen LogP contribution in [0.1, 0.15) is 16.7 Å². The highest BCUT2D eigenvalue weighted by atomic mass is 16.2. The van der Waals surface area contributed by atoms with Crippen LogP contribution in [0.5, 0.6) is 0 Å². The molecule has 0 fully saturated rings. The highest BCUT2D eigenvalue weighted by Gasteiger charge is 2.18. The van der Waals surface area contributed by atoms with Gasteiger partial charge < -0.3 is 15.5 Å². The Morgan fingerprint density at radius 2 is 1.15 bits per heavy atom. The Morgan fingerprint density at radius 1 is 0.697 bits per heavy atom. The highest BCUT2D eigenvalue weighted by Crippen LogP contribution is 2.15. The average Bonchev–Trinajstić information content (AvgIpc) is 2.84. The fourth-order valence-electron chi connectivity index (χ4n) is 3.39. The number of hydrogen-bond donors (Lipinski definition) is 2. The van der Waals surface area contributed by atoms with Crippen molar-refractivity contribution < 1.29 is 9.59 Å². The average molecular weight is 442 g/mol. The summed E-state index contributed by atoms with van der Waals surface area (Å²) in [6.07, 6.45) is 3.05. The molecule has 3 aromatic carbocycles. The number of carbonyl (C=O) groups is 2. The van der Waals surface area contributed by atoms with Gasteiger partial charge in [0, 0.05) is 32.9 Å². The van der Waals surface area contributed by atoms with Crippen LogP contribution in [0.3, 0.4) is 0 Å². The van der Waals surface area contributed by atoms with Gasteiger partial charge in [-0.25, -0.2) is 0 Å². The maximum Gasteiger partial charge on any atom is 0.256 e. The molecule has 3 rings (SSSR count). The summed E-state index contributed by atoms with van der Waals surface area (Å²) in [6.45, 7) is 0.911. The summed E-state index contributed by atoms with van der Waals surface area (Å²) in [6, 6.07) is 27.6. The van der Waals surface area contributed by atoms with Crippen LogP contribution >= 0.6 is 0 Å². The summed E-state index contributed by atoms with van der Waals surface area (Å²) < 4.78 is 0. The van der Waals surface area contributed by atoms with Crippen molar-refractivity contribution in [1.29, 1.82) is 0 Å². The van der Waals surface area contributed by atoms with Gasteiger partial charge in [-0.1, -0.05) is 72.8 Å². The number of amides is 2. The van der Waals surface area contributed by atoms with E-state index in [1.54, 1.807) is 6.08 Å². The molecule has 0 spiro atoms. The normalized spacial score (nSPS) is 10.2. The molecule has 0 unspecified atom stereocenters. The summed E-state index contributed by atoms with van der Waals surface area (Å²) in [5, 5.41) is 5.79. The van der Waals surface area contributed by atoms with E-state index in [4.69, 9.17) is 0 Å². The third-order valence-corrected chi connectivity index (χ3v) is 5.29. The van der Waals surface area contributed by atoms with Crippen molar-refractivity contribution in [3.05, 3.63) is 107 Å². The molecule has 170 valence electrons. The molecular formula is C28H31N3O2. The molecule has 5 nitrogen and oxygen atoms in total. The van der Waals surface area contributed by atoms with E-state index < -0.39 is 0 Å². The minimum atomic E-state index is -0.375. The molecule has 0 atom stereocenters. The second-order valence-corrected chi connectivity index (χ2v) is 8.03. The molecule has 0 heterocycles. The van der Waals surface area contributed by atoms with E-state index in [1.165, 1.54) is 0 Å². The Kier molecular flexibility index (Phi) is 8.83. The van der Waals surface area contributed by atoms with E-state index in [0.717, 1.165) is 22.4 Å². The van der Waals surface area contributed by atoms with Crippen LogP contribution in [0.2, 0.25) is 0 Å². The molecule has 0 saturated heterocycles. The summed E-state index contributed by atoms with van der Waals surface area (Å²) >= 11 is 0. The lowest BCUT2D eigenvalue weighted by atomic mass is 10.1. The monoisotopic (exact) mass is 441 g/mol. The van der Waals surface area contributed by atoms with Crippen LogP contribution < -0.4 is 15.5 Å². The molecule has 0 aromatic heterocycles. The Labute approximate surface area is 196 Å². The number of hydrogen-bond acceptors (Lipinski definition) is 3. The third kappa shape index (κ3) is 7.65. The van der Waals surface area contributed by atoms with Crippen LogP contribution in [0.15, 0.2) is 90.5 Å². The quantitative estimate of drug-likeness (QED) is 0.285. The fourth-order valence-corrected chi connectivity index (χ4v) is 3.39. The van der Waals surface area contributed by atoms with Crippen molar-refractivity contribution in [2.45, 2.75) is 12.8 Å². The van der Waals surface area contributed by atoms with E-state index in [2.05, 4.69) is 10.6 Å². The van der Waals surface area contributed by atoms with Crippen molar-refractivity contribution in [1.82, 2.24) is 10.6 Å². The summed E-state index contributed by atoms with van der Waals surface area (Å²) in [4.78, 5) is 27.9. The zero-order valence-corrected chi connectivity index (χ0v) is 19.3. The second-order valence-electron chi connectivity index (χ2n) is 8.03. The zero-order valence-electron chi connectivity index (χ0n) is 19.3. The first kappa shape index (κ1) is 23.8. The number of carbonyl (C=O) groups excluding carboxylic acids is 2. The van der Waals surface area contributed by atoms with Gasteiger partial charge in [0.25, 0.3) is 11.8 Å². The molecular weight excluding hydrogens is 410 g/mol. The minimum Gasteiger partial charge on any atom is -0.378 e. The van der Waals surface area contributed by atoms with E-state index in [0.29, 0.717) is 25.9 Å². The van der Waals surface area contributed by atoms with Gasteiger partial charge in [0.15, 0.2) is 0 Å². The van der Waals surface area contributed by atoms with Crippen molar-refractivity contribution in [3.8, 4) is 0 Å². The van der Waals surface area contributed by atoms with Crippen molar-refractivity contribution in [2.24, 2.45) is 0 Å². The van der Waals surface area contributed by atoms with Gasteiger partial charge in [0.05, 0.1) is 0 Å². The maximum atomic E-state index is 12.9. The predicted octanol–water partition coefficient (Wildman–Crippen LogP) is 3.85. The SMILES string of the molecule is CN(C)c1ccc(C=C(C(=O)NCCc2ccccc2)C(=O)NCCc2ccccc2)cc1. The van der Waals surface area contributed by atoms with Gasteiger partial charge in [0.2, 0.25) is 0 Å². The molecule has 0 aliphatic heterocycles. The minimum absolute atomic E-state index is 0.105. The molecule has 0 bridgehead atoms. The molecule has 2 amide bonds. The molecule has 0 saturated carbocycles. The Bertz CT molecular complexity index is 1000. The largest absolute Gasteiger partial charge is 0.378 e. The third-order valence-electron chi connectivity index (χ3n) is 5.29. The van der Waals surface area contributed by atoms with Crippen molar-refractivity contribution in [2.75, 3.05) is 32.1 Å². The van der Waals surface area contributed by atoms with Gasteiger partial charge in [-0.3, -0.25) is 9.59 Å². The lowest BCUT2D eigenvalue weighted by molar-refractivity contribution is -0.123. The fraction of sp³-hybridized carbons (Fsp3) is 0.214. The van der Waals surface area contributed by atoms with Crippen molar-refractivity contribution in [3.63, 3.8) is 0 Å². The topological polar surface area (TPSA) is 61.4 Å². The van der Waals surface area contributed by atoms with Gasteiger partial charge in [-0.2, -0.15) is 0 Å². The van der Waals surface area contributed by atoms with Crippen LogP contribution in [0.25, 0.3) is 6.08 Å². The van der Waals surface area contributed by atoms with Crippen LogP contribution in [0.4, 0.5) is 5.69 Å². The van der Waals surface area contributed by atoms with Gasteiger partial charge in [-0.15, -0.1) is 0 Å². The lowest BCUT2D eigenvalue weighted by Crippen LogP contribution is -2.36. The van der Waals surface area contributed by atoms with Gasteiger partial charge >= 0.3 is 0 Å². The zero-order chi connectivity index (χ0) is 23.5. The molecule has 0 radical (unpaired) electrons. The predicted molar refractivity (Wildman–Crippen MR) is 135 cm³/mol. The van der Waals surface area contributed by atoms with E-state index >= 15 is 0 Å². The first-order chi connectivity index (χ1) is 16.0. The second kappa shape index (κ2) is 12.2. The number of nitrogens with zero attached hydrogens (tertiary/aromatic N) is 1. The Hall–Kier alpha value is -3.86. The van der Waals surface area contributed by atoms with Crippen molar-refractivity contribution >= 4 is 23.6 Å². The number of rotatable bonds is 10. The van der Waals surface area contributed by atoms with Crippen LogP contribution in [0, 0.1) is 0 Å². The molecule has 5 heteroatoms. The smallest absolute Gasteiger partial charge is 0.256 e. The molecule has 0 aliphatic carbocycles. The summed E-state index contributed by atoms with van der Waals surface area (Å²) in [5.41, 5.74) is 4.22. The Balaban J connectivity index is 1.68. The standard InChI is InChI=1S/C28H31N3O2/c1-31(2)25-15-13-24(14-16-25)21-26(27(32)29-19-17-22-9-5-3-6-10-22)28(33)30-20-18-23-11-7-4-8-12-23/h3-16,21H,17-20H2,1-2H3,(H,29,32)(H,30,33). The first-order valence-electron chi connectivity index (χ1n) is 11.2. The maximum absolute atomic E-state index is 12.9. The van der Waals surface area contributed by atoms with E-state index in [1.807, 2.05) is 104 Å². The summed E-state index contributed by atoms with van der Waals surface area (Å²) in [7, 11) is 3.94. The van der Waals surface area contributed by atoms with E-state index in [9.17, 15) is 9.59 Å². The van der Waals surface area contributed by atoms with Crippen LogP contribution in [-0.4, -0.2) is 39.0 Å². The number of nitrogens with one attached hydrogen (secondary N) is 2. The molecule has 0 aliphatic rings. The molecule has 3 aromatic rings. The van der Waals surface area contributed by atoms with E-state index in [-0.39, 0.29) is 17.4 Å². The van der Waals surface area contributed by atoms with Crippen LogP contribution in [-0.2, 0) is 22.4 Å². The highest BCUT2D eigenvalue weighted by molar-refractivity contribution is 6.21. The number of anilines is 1.